The summed E-state index contributed by atoms with van der Waals surface area (Å²) in [5.74, 6) is -2.58. The van der Waals surface area contributed by atoms with Crippen LogP contribution in [0, 0.1) is 17.0 Å². The summed E-state index contributed by atoms with van der Waals surface area (Å²) < 4.78 is 9.45. The van der Waals surface area contributed by atoms with Crippen LogP contribution < -0.4 is 0 Å². The lowest BCUT2D eigenvalue weighted by Crippen LogP contribution is -2.13. The molecule has 0 saturated carbocycles. The Kier molecular flexibility index (Phi) is 5.23. The number of nitro benzene ring substituents is 1. The first-order valence-corrected chi connectivity index (χ1v) is 6.20. The van der Waals surface area contributed by atoms with Gasteiger partial charge in [-0.3, -0.25) is 10.1 Å². The molecule has 21 heavy (non-hydrogen) atoms. The van der Waals surface area contributed by atoms with Crippen molar-refractivity contribution in [3.8, 4) is 5.75 Å². The van der Waals surface area contributed by atoms with Crippen LogP contribution in [0.25, 0.3) is 0 Å². The number of carbonyl (C=O) groups is 2. The lowest BCUT2D eigenvalue weighted by atomic mass is 10.0. The van der Waals surface area contributed by atoms with Gasteiger partial charge in [-0.05, 0) is 20.8 Å². The maximum absolute atomic E-state index is 11.8. The summed E-state index contributed by atoms with van der Waals surface area (Å²) in [6.07, 6.45) is 0. The van der Waals surface area contributed by atoms with Crippen molar-refractivity contribution in [3.05, 3.63) is 32.9 Å². The first-order chi connectivity index (χ1) is 9.84. The summed E-state index contributed by atoms with van der Waals surface area (Å²) >= 11 is 0. The average molecular weight is 297 g/mol. The molecule has 0 unspecified atom stereocenters. The minimum Gasteiger partial charge on any atom is -0.506 e. The fourth-order valence-electron chi connectivity index (χ4n) is 1.76. The van der Waals surface area contributed by atoms with Crippen LogP contribution in [0.1, 0.15) is 40.1 Å². The van der Waals surface area contributed by atoms with Gasteiger partial charge in [-0.25, -0.2) is 9.59 Å². The molecular weight excluding hydrogens is 282 g/mol. The van der Waals surface area contributed by atoms with Gasteiger partial charge < -0.3 is 14.6 Å². The number of hydrogen-bond acceptors (Lipinski definition) is 7. The summed E-state index contributed by atoms with van der Waals surface area (Å²) in [5.41, 5.74) is -1.41. The number of carbonyl (C=O) groups excluding carboxylic acids is 2. The molecule has 0 aromatic heterocycles. The van der Waals surface area contributed by atoms with E-state index in [9.17, 15) is 24.8 Å². The Morgan fingerprint density at radius 3 is 2.24 bits per heavy atom. The van der Waals surface area contributed by atoms with Crippen molar-refractivity contribution >= 4 is 17.6 Å². The van der Waals surface area contributed by atoms with Crippen molar-refractivity contribution in [1.82, 2.24) is 0 Å². The van der Waals surface area contributed by atoms with E-state index < -0.39 is 39.4 Å². The second-order valence-electron chi connectivity index (χ2n) is 3.99. The molecule has 1 N–H and O–H groups in total. The van der Waals surface area contributed by atoms with Gasteiger partial charge in [0.15, 0.2) is 0 Å². The Bertz CT molecular complexity index is 595. The fourth-order valence-corrected chi connectivity index (χ4v) is 1.76. The van der Waals surface area contributed by atoms with Gasteiger partial charge in [0.25, 0.3) is 5.69 Å². The third kappa shape index (κ3) is 3.28. The smallest absolute Gasteiger partial charge is 0.342 e. The molecule has 0 saturated heterocycles. The van der Waals surface area contributed by atoms with Gasteiger partial charge in [0.1, 0.15) is 16.9 Å². The molecule has 0 aliphatic carbocycles. The monoisotopic (exact) mass is 297 g/mol. The van der Waals surface area contributed by atoms with Crippen LogP contribution in [0.4, 0.5) is 5.69 Å². The predicted octanol–water partition coefficient (Wildman–Crippen LogP) is 1.96. The minimum absolute atomic E-state index is 0.0225. The van der Waals surface area contributed by atoms with Crippen molar-refractivity contribution in [3.63, 3.8) is 0 Å². The molecule has 0 spiro atoms. The third-order valence-corrected chi connectivity index (χ3v) is 2.70. The molecule has 8 heteroatoms. The fraction of sp³-hybridized carbons (Fsp3) is 0.385. The van der Waals surface area contributed by atoms with E-state index in [4.69, 9.17) is 9.47 Å². The number of hydrogen-bond donors (Lipinski definition) is 1. The Balaban J connectivity index is 3.57. The second-order valence-corrected chi connectivity index (χ2v) is 3.99. The first-order valence-electron chi connectivity index (χ1n) is 6.20. The summed E-state index contributed by atoms with van der Waals surface area (Å²) in [5, 5.41) is 21.1. The molecule has 0 bridgehead atoms. The Hall–Kier alpha value is -2.64. The second kappa shape index (κ2) is 6.69. The molecule has 0 atom stereocenters. The number of ether oxygens (including phenoxy) is 2. The van der Waals surface area contributed by atoms with Crippen LogP contribution in [-0.2, 0) is 9.47 Å². The first kappa shape index (κ1) is 16.4. The number of phenolic OH excluding ortho intramolecular Hbond substituents is 1. The number of esters is 2. The van der Waals surface area contributed by atoms with Crippen LogP contribution in [0.3, 0.4) is 0 Å². The van der Waals surface area contributed by atoms with Crippen LogP contribution in [-0.4, -0.2) is 35.2 Å². The molecule has 0 heterocycles. The summed E-state index contributed by atoms with van der Waals surface area (Å²) in [6, 6.07) is 0.880. The van der Waals surface area contributed by atoms with E-state index >= 15 is 0 Å². The van der Waals surface area contributed by atoms with Gasteiger partial charge in [0, 0.05) is 11.6 Å². The highest BCUT2D eigenvalue weighted by Crippen LogP contribution is 2.34. The van der Waals surface area contributed by atoms with Gasteiger partial charge in [-0.2, -0.15) is 0 Å². The van der Waals surface area contributed by atoms with Gasteiger partial charge in [0.05, 0.1) is 18.1 Å². The van der Waals surface area contributed by atoms with E-state index in [-0.39, 0.29) is 18.8 Å². The third-order valence-electron chi connectivity index (χ3n) is 2.70. The molecular formula is C13H15NO7. The molecule has 0 aliphatic heterocycles. The van der Waals surface area contributed by atoms with Crippen molar-refractivity contribution in [2.75, 3.05) is 13.2 Å². The molecule has 0 aliphatic rings. The van der Waals surface area contributed by atoms with Gasteiger partial charge in [-0.1, -0.05) is 0 Å². The van der Waals surface area contributed by atoms with E-state index in [2.05, 4.69) is 0 Å². The van der Waals surface area contributed by atoms with Gasteiger partial charge in [-0.15, -0.1) is 0 Å². The van der Waals surface area contributed by atoms with E-state index in [0.717, 1.165) is 6.07 Å². The van der Waals surface area contributed by atoms with Crippen molar-refractivity contribution in [2.45, 2.75) is 20.8 Å². The van der Waals surface area contributed by atoms with E-state index in [0.29, 0.717) is 0 Å². The van der Waals surface area contributed by atoms with E-state index in [1.165, 1.54) is 6.92 Å². The van der Waals surface area contributed by atoms with Gasteiger partial charge >= 0.3 is 11.9 Å². The minimum atomic E-state index is -0.955. The molecule has 0 amide bonds. The zero-order chi connectivity index (χ0) is 16.2. The number of benzene rings is 1. The number of nitro groups is 1. The zero-order valence-electron chi connectivity index (χ0n) is 11.8. The molecule has 1 aromatic carbocycles. The van der Waals surface area contributed by atoms with E-state index in [1.807, 2.05) is 0 Å². The van der Waals surface area contributed by atoms with Crippen molar-refractivity contribution in [2.24, 2.45) is 0 Å². The highest BCUT2D eigenvalue weighted by atomic mass is 16.6. The highest BCUT2D eigenvalue weighted by molar-refractivity contribution is 6.02. The van der Waals surface area contributed by atoms with Crippen LogP contribution in [0.5, 0.6) is 5.75 Å². The maximum atomic E-state index is 11.8. The predicted molar refractivity (Wildman–Crippen MR) is 71.4 cm³/mol. The highest BCUT2D eigenvalue weighted by Gasteiger charge is 2.29. The number of phenols is 1. The van der Waals surface area contributed by atoms with Crippen LogP contribution >= 0.6 is 0 Å². The standard InChI is InChI=1S/C13H15NO7/c1-4-20-12(16)8-6-9(14(18)19)7(3)10(11(8)15)13(17)21-5-2/h6,15H,4-5H2,1-3H3. The Morgan fingerprint density at radius 1 is 1.24 bits per heavy atom. The summed E-state index contributed by atoms with van der Waals surface area (Å²) in [4.78, 5) is 33.8. The zero-order valence-corrected chi connectivity index (χ0v) is 11.8. The van der Waals surface area contributed by atoms with Crippen molar-refractivity contribution in [1.29, 1.82) is 0 Å². The molecule has 0 fully saturated rings. The molecule has 1 rings (SSSR count). The summed E-state index contributed by atoms with van der Waals surface area (Å²) in [7, 11) is 0. The summed E-state index contributed by atoms with van der Waals surface area (Å²) in [6.45, 7) is 4.43. The number of aromatic hydroxyl groups is 1. The molecule has 8 nitrogen and oxygen atoms in total. The van der Waals surface area contributed by atoms with E-state index in [1.54, 1.807) is 13.8 Å². The molecule has 0 radical (unpaired) electrons. The molecule has 1 aromatic rings. The number of rotatable bonds is 5. The number of nitrogens with zero attached hydrogens (tertiary/aromatic N) is 1. The quantitative estimate of drug-likeness (QED) is 0.501. The maximum Gasteiger partial charge on any atom is 0.342 e. The Labute approximate surface area is 120 Å². The molecule has 114 valence electrons. The van der Waals surface area contributed by atoms with Crippen molar-refractivity contribution < 1.29 is 29.1 Å². The largest absolute Gasteiger partial charge is 0.506 e. The lowest BCUT2D eigenvalue weighted by Gasteiger charge is -2.11. The average Bonchev–Trinajstić information content (AvgIpc) is 2.38. The lowest BCUT2D eigenvalue weighted by molar-refractivity contribution is -0.385. The topological polar surface area (TPSA) is 116 Å². The SMILES string of the molecule is CCOC(=O)c1cc([N+](=O)[O-])c(C)c(C(=O)OCC)c1O. The van der Waals surface area contributed by atoms with Gasteiger partial charge in [0.2, 0.25) is 0 Å². The van der Waals surface area contributed by atoms with Crippen LogP contribution in [0.2, 0.25) is 0 Å². The van der Waals surface area contributed by atoms with Crippen LogP contribution in [0.15, 0.2) is 6.07 Å². The Morgan fingerprint density at radius 2 is 1.76 bits per heavy atom. The normalized spacial score (nSPS) is 10.0.